The zero-order valence-electron chi connectivity index (χ0n) is 12.7. The molecule has 4 rings (SSSR count). The van der Waals surface area contributed by atoms with Gasteiger partial charge in [0, 0.05) is 28.2 Å². The molecule has 0 aliphatic rings. The molecule has 0 aliphatic carbocycles. The summed E-state index contributed by atoms with van der Waals surface area (Å²) in [4.78, 5) is 5.44. The number of aromatic nitrogens is 3. The number of benzene rings is 2. The largest absolute Gasteiger partial charge is 0.755 e. The first-order valence-corrected chi connectivity index (χ1v) is 9.21. The van der Waals surface area contributed by atoms with E-state index in [4.69, 9.17) is 0 Å². The van der Waals surface area contributed by atoms with E-state index in [1.165, 1.54) is 11.3 Å². The van der Waals surface area contributed by atoms with E-state index in [0.717, 1.165) is 32.4 Å². The number of anilines is 3. The summed E-state index contributed by atoms with van der Waals surface area (Å²) < 4.78 is 23.5. The molecule has 0 saturated carbocycles. The molecule has 0 amide bonds. The zero-order chi connectivity index (χ0) is 17.2. The van der Waals surface area contributed by atoms with E-state index in [-0.39, 0.29) is 0 Å². The molecule has 3 N–H and O–H groups in total. The second-order valence-corrected chi connectivity index (χ2v) is 6.83. The number of aromatic amines is 1. The number of H-pyrrole nitrogens is 1. The summed E-state index contributed by atoms with van der Waals surface area (Å²) in [6.07, 6.45) is 0. The molecule has 7 nitrogen and oxygen atoms in total. The van der Waals surface area contributed by atoms with Crippen LogP contribution in [0.4, 0.5) is 16.5 Å². The topological polar surface area (TPSA) is 106 Å². The summed E-state index contributed by atoms with van der Waals surface area (Å²) >= 11 is -0.886. The lowest BCUT2D eigenvalue weighted by Gasteiger charge is -2.09. The molecule has 0 aliphatic heterocycles. The Balaban J connectivity index is 1.58. The predicted molar refractivity (Wildman–Crippen MR) is 99.5 cm³/mol. The van der Waals surface area contributed by atoms with Gasteiger partial charge < -0.3 is 14.6 Å². The van der Waals surface area contributed by atoms with Crippen molar-refractivity contribution in [2.45, 2.75) is 0 Å². The Labute approximate surface area is 149 Å². The number of hydrogen-bond donors (Lipinski definition) is 3. The van der Waals surface area contributed by atoms with Gasteiger partial charge in [-0.3, -0.25) is 9.31 Å². The van der Waals surface area contributed by atoms with Gasteiger partial charge in [0.25, 0.3) is 0 Å². The SMILES string of the molecule is O=S([O-])Nc1ccc(Nc2nc3c(-c4ccccc4)[nH]nc3s2)cc1. The van der Waals surface area contributed by atoms with E-state index in [0.29, 0.717) is 5.69 Å². The highest BCUT2D eigenvalue weighted by Crippen LogP contribution is 2.33. The second-order valence-electron chi connectivity index (χ2n) is 5.18. The van der Waals surface area contributed by atoms with Crippen molar-refractivity contribution in [3.05, 3.63) is 54.6 Å². The van der Waals surface area contributed by atoms with Crippen LogP contribution in [0.2, 0.25) is 0 Å². The maximum Gasteiger partial charge on any atom is 0.189 e. The standard InChI is InChI=1S/C16H13N5O2S2/c22-25(23)21-12-8-6-11(7-9-12)17-16-18-14-13(19-20-15(14)24-16)10-4-2-1-3-5-10/h1-9,21H,(H,17,18)(H,19,20)(H,22,23)/p-1. The van der Waals surface area contributed by atoms with E-state index in [9.17, 15) is 8.76 Å². The number of fused-ring (bicyclic) bond motifs is 1. The van der Waals surface area contributed by atoms with Crippen LogP contribution >= 0.6 is 11.3 Å². The van der Waals surface area contributed by atoms with Crippen LogP contribution in [0.25, 0.3) is 21.6 Å². The number of hydrogen-bond acceptors (Lipinski definition) is 6. The molecular weight excluding hydrogens is 358 g/mol. The summed E-state index contributed by atoms with van der Waals surface area (Å²) in [6, 6.07) is 16.8. The number of nitrogens with zero attached hydrogens (tertiary/aromatic N) is 2. The van der Waals surface area contributed by atoms with Crippen LogP contribution in [0.1, 0.15) is 0 Å². The Morgan fingerprint density at radius 1 is 1.04 bits per heavy atom. The van der Waals surface area contributed by atoms with Crippen molar-refractivity contribution in [3.8, 4) is 11.3 Å². The Hall–Kier alpha value is -2.75. The fraction of sp³-hybridized carbons (Fsp3) is 0. The summed E-state index contributed by atoms with van der Waals surface area (Å²) in [5.74, 6) is 0. The van der Waals surface area contributed by atoms with Gasteiger partial charge in [-0.2, -0.15) is 5.10 Å². The smallest absolute Gasteiger partial charge is 0.189 e. The van der Waals surface area contributed by atoms with Crippen LogP contribution in [-0.2, 0) is 11.3 Å². The fourth-order valence-electron chi connectivity index (χ4n) is 2.41. The molecule has 0 bridgehead atoms. The zero-order valence-corrected chi connectivity index (χ0v) is 14.4. The Kier molecular flexibility index (Phi) is 4.18. The minimum atomic E-state index is -2.33. The molecule has 1 atom stereocenters. The lowest BCUT2D eigenvalue weighted by molar-refractivity contribution is 0.542. The van der Waals surface area contributed by atoms with Crippen LogP contribution in [0, 0.1) is 0 Å². The Morgan fingerprint density at radius 3 is 2.48 bits per heavy atom. The predicted octanol–water partition coefficient (Wildman–Crippen LogP) is 3.64. The molecule has 0 spiro atoms. The first-order valence-electron chi connectivity index (χ1n) is 7.32. The Bertz CT molecular complexity index is 1030. The molecule has 1 unspecified atom stereocenters. The second kappa shape index (κ2) is 6.63. The number of rotatable bonds is 5. The lowest BCUT2D eigenvalue weighted by atomic mass is 10.1. The van der Waals surface area contributed by atoms with Gasteiger partial charge in [-0.25, -0.2) is 4.98 Å². The van der Waals surface area contributed by atoms with Crippen molar-refractivity contribution >= 4 is 49.5 Å². The molecule has 0 radical (unpaired) electrons. The van der Waals surface area contributed by atoms with Crippen LogP contribution in [0.15, 0.2) is 54.6 Å². The molecule has 4 aromatic rings. The van der Waals surface area contributed by atoms with E-state index < -0.39 is 11.3 Å². The maximum absolute atomic E-state index is 10.6. The van der Waals surface area contributed by atoms with Crippen LogP contribution < -0.4 is 10.0 Å². The highest BCUT2D eigenvalue weighted by molar-refractivity contribution is 7.80. The van der Waals surface area contributed by atoms with Gasteiger partial charge in [-0.1, -0.05) is 41.7 Å². The van der Waals surface area contributed by atoms with Crippen LogP contribution in [0.3, 0.4) is 0 Å². The van der Waals surface area contributed by atoms with Crippen molar-refractivity contribution < 1.29 is 8.76 Å². The average molecular weight is 370 g/mol. The third-order valence-corrected chi connectivity index (χ3v) is 4.78. The van der Waals surface area contributed by atoms with E-state index >= 15 is 0 Å². The molecule has 2 aromatic heterocycles. The monoisotopic (exact) mass is 370 g/mol. The van der Waals surface area contributed by atoms with E-state index in [1.807, 2.05) is 30.3 Å². The minimum absolute atomic E-state index is 0.499. The third kappa shape index (κ3) is 3.38. The maximum atomic E-state index is 10.6. The fourth-order valence-corrected chi connectivity index (χ4v) is 3.56. The quantitative estimate of drug-likeness (QED) is 0.465. The van der Waals surface area contributed by atoms with Crippen molar-refractivity contribution in [1.29, 1.82) is 0 Å². The highest BCUT2D eigenvalue weighted by Gasteiger charge is 2.13. The summed E-state index contributed by atoms with van der Waals surface area (Å²) in [5, 5.41) is 11.3. The van der Waals surface area contributed by atoms with Gasteiger partial charge in [0.1, 0.15) is 5.52 Å². The molecular formula is C16H12N5O2S2-. The third-order valence-electron chi connectivity index (χ3n) is 3.52. The molecule has 0 fully saturated rings. The van der Waals surface area contributed by atoms with Gasteiger partial charge in [0.15, 0.2) is 9.96 Å². The molecule has 2 aromatic carbocycles. The summed E-state index contributed by atoms with van der Waals surface area (Å²) in [5.41, 5.74) is 4.04. The normalized spacial score (nSPS) is 12.2. The van der Waals surface area contributed by atoms with Gasteiger partial charge in [0.05, 0.1) is 5.69 Å². The van der Waals surface area contributed by atoms with Crippen molar-refractivity contribution in [1.82, 2.24) is 15.2 Å². The lowest BCUT2D eigenvalue weighted by Crippen LogP contribution is -2.01. The first kappa shape index (κ1) is 15.8. The van der Waals surface area contributed by atoms with Gasteiger partial charge >= 0.3 is 0 Å². The van der Waals surface area contributed by atoms with E-state index in [1.54, 1.807) is 24.3 Å². The van der Waals surface area contributed by atoms with Crippen molar-refractivity contribution in [3.63, 3.8) is 0 Å². The summed E-state index contributed by atoms with van der Waals surface area (Å²) in [6.45, 7) is 0. The summed E-state index contributed by atoms with van der Waals surface area (Å²) in [7, 11) is 0. The minimum Gasteiger partial charge on any atom is -0.755 e. The highest BCUT2D eigenvalue weighted by atomic mass is 32.2. The molecule has 2 heterocycles. The van der Waals surface area contributed by atoms with Gasteiger partial charge in [0.2, 0.25) is 0 Å². The molecule has 25 heavy (non-hydrogen) atoms. The van der Waals surface area contributed by atoms with Gasteiger partial charge in [-0.15, -0.1) is 0 Å². The molecule has 126 valence electrons. The number of thiazole rings is 1. The van der Waals surface area contributed by atoms with Crippen molar-refractivity contribution in [2.24, 2.45) is 0 Å². The number of nitrogens with one attached hydrogen (secondary N) is 3. The Morgan fingerprint density at radius 2 is 1.76 bits per heavy atom. The van der Waals surface area contributed by atoms with Crippen LogP contribution in [-0.4, -0.2) is 23.9 Å². The average Bonchev–Trinajstić information content (AvgIpc) is 3.17. The molecule has 0 saturated heterocycles. The van der Waals surface area contributed by atoms with Gasteiger partial charge in [-0.05, 0) is 24.3 Å². The molecule has 9 heteroatoms. The van der Waals surface area contributed by atoms with Crippen LogP contribution in [0.5, 0.6) is 0 Å². The van der Waals surface area contributed by atoms with E-state index in [2.05, 4.69) is 25.2 Å². The first-order chi connectivity index (χ1) is 12.2. The van der Waals surface area contributed by atoms with Crippen molar-refractivity contribution in [2.75, 3.05) is 10.0 Å².